The predicted octanol–water partition coefficient (Wildman–Crippen LogP) is 1.39. The fourth-order valence-corrected chi connectivity index (χ4v) is 2.91. The van der Waals surface area contributed by atoms with Gasteiger partial charge >= 0.3 is 0 Å². The van der Waals surface area contributed by atoms with Gasteiger partial charge in [-0.1, -0.05) is 36.4 Å². The van der Waals surface area contributed by atoms with Gasteiger partial charge in [0.2, 0.25) is 17.7 Å². The van der Waals surface area contributed by atoms with E-state index in [1.165, 1.54) is 25.1 Å². The molecule has 0 aromatic heterocycles. The van der Waals surface area contributed by atoms with Crippen molar-refractivity contribution in [3.8, 4) is 0 Å². The lowest BCUT2D eigenvalue weighted by molar-refractivity contribution is -0.130. The minimum absolute atomic E-state index is 0.0824. The highest BCUT2D eigenvalue weighted by molar-refractivity contribution is 5.91. The Morgan fingerprint density at radius 2 is 1.71 bits per heavy atom. The third kappa shape index (κ3) is 6.19. The Bertz CT molecular complexity index is 869. The average molecular weight is 385 g/mol. The van der Waals surface area contributed by atoms with E-state index in [1.54, 1.807) is 6.07 Å². The van der Waals surface area contributed by atoms with Crippen molar-refractivity contribution >= 4 is 17.7 Å². The summed E-state index contributed by atoms with van der Waals surface area (Å²) in [6.45, 7) is 3.18. The fourth-order valence-electron chi connectivity index (χ4n) is 2.91. The third-order valence-electron chi connectivity index (χ3n) is 4.37. The molecule has 6 nitrogen and oxygen atoms in total. The van der Waals surface area contributed by atoms with Crippen LogP contribution in [0.3, 0.4) is 0 Å². The summed E-state index contributed by atoms with van der Waals surface area (Å²) in [5, 5.41) is 5.15. The summed E-state index contributed by atoms with van der Waals surface area (Å²) in [6, 6.07) is 11.4. The molecule has 2 aromatic rings. The third-order valence-corrected chi connectivity index (χ3v) is 4.37. The zero-order chi connectivity index (χ0) is 20.7. The van der Waals surface area contributed by atoms with Crippen molar-refractivity contribution < 1.29 is 18.8 Å². The smallest absolute Gasteiger partial charge is 0.243 e. The first-order chi connectivity index (χ1) is 13.3. The van der Waals surface area contributed by atoms with Crippen molar-refractivity contribution in [2.45, 2.75) is 38.8 Å². The number of rotatable bonds is 8. The normalized spacial score (nSPS) is 12.7. The molecule has 0 radical (unpaired) electrons. The van der Waals surface area contributed by atoms with Gasteiger partial charge in [0.05, 0.1) is 0 Å². The monoisotopic (exact) mass is 385 g/mol. The van der Waals surface area contributed by atoms with Crippen LogP contribution in [0.1, 0.15) is 23.6 Å². The topological polar surface area (TPSA) is 101 Å². The van der Waals surface area contributed by atoms with Crippen molar-refractivity contribution in [1.82, 2.24) is 10.6 Å². The molecule has 0 fully saturated rings. The van der Waals surface area contributed by atoms with Gasteiger partial charge in [-0.15, -0.1) is 0 Å². The van der Waals surface area contributed by atoms with Crippen LogP contribution in [0.5, 0.6) is 0 Å². The van der Waals surface area contributed by atoms with E-state index < -0.39 is 35.6 Å². The summed E-state index contributed by atoms with van der Waals surface area (Å²) in [7, 11) is 0. The fraction of sp³-hybridized carbons (Fsp3) is 0.286. The number of amides is 3. The van der Waals surface area contributed by atoms with E-state index in [1.807, 2.05) is 31.2 Å². The number of hydrogen-bond acceptors (Lipinski definition) is 3. The average Bonchev–Trinajstić information content (AvgIpc) is 2.61. The molecule has 148 valence electrons. The van der Waals surface area contributed by atoms with E-state index in [0.29, 0.717) is 5.56 Å². The highest BCUT2D eigenvalue weighted by Crippen LogP contribution is 2.11. The number of primary amides is 1. The standard InChI is InChI=1S/C21H24FN3O3/c1-13-6-3-4-8-16(13)12-18(20(23)27)25-21(28)19(24-14(2)26)11-15-7-5-9-17(22)10-15/h3-10,18-19H,11-12H2,1-2H3,(H2,23,27)(H,24,26)(H,25,28)/t18-,19-/m1/s1. The second kappa shape index (κ2) is 9.64. The molecule has 2 rings (SSSR count). The van der Waals surface area contributed by atoms with Crippen LogP contribution in [-0.2, 0) is 27.2 Å². The van der Waals surface area contributed by atoms with Gasteiger partial charge in [0.15, 0.2) is 0 Å². The maximum atomic E-state index is 13.4. The highest BCUT2D eigenvalue weighted by Gasteiger charge is 2.26. The van der Waals surface area contributed by atoms with Crippen LogP contribution >= 0.6 is 0 Å². The minimum atomic E-state index is -0.960. The van der Waals surface area contributed by atoms with E-state index in [-0.39, 0.29) is 12.8 Å². The SMILES string of the molecule is CC(=O)N[C@H](Cc1cccc(F)c1)C(=O)N[C@H](Cc1ccccc1C)C(N)=O. The summed E-state index contributed by atoms with van der Waals surface area (Å²) in [6.07, 6.45) is 0.319. The number of carbonyl (C=O) groups is 3. The lowest BCUT2D eigenvalue weighted by Gasteiger charge is -2.22. The van der Waals surface area contributed by atoms with Gasteiger partial charge in [-0.2, -0.15) is 0 Å². The van der Waals surface area contributed by atoms with E-state index in [0.717, 1.165) is 11.1 Å². The second-order valence-corrected chi connectivity index (χ2v) is 6.68. The molecule has 4 N–H and O–H groups in total. The van der Waals surface area contributed by atoms with Crippen LogP contribution < -0.4 is 16.4 Å². The van der Waals surface area contributed by atoms with Crippen LogP contribution in [0, 0.1) is 12.7 Å². The quantitative estimate of drug-likeness (QED) is 0.640. The summed E-state index contributed by atoms with van der Waals surface area (Å²) < 4.78 is 13.4. The Balaban J connectivity index is 2.15. The van der Waals surface area contributed by atoms with E-state index in [9.17, 15) is 18.8 Å². The molecule has 2 aromatic carbocycles. The molecular formula is C21H24FN3O3. The van der Waals surface area contributed by atoms with Crippen LogP contribution in [0.2, 0.25) is 0 Å². The van der Waals surface area contributed by atoms with Gasteiger partial charge in [0.1, 0.15) is 17.9 Å². The molecule has 7 heteroatoms. The lowest BCUT2D eigenvalue weighted by Crippen LogP contribution is -2.54. The Hall–Kier alpha value is -3.22. The van der Waals surface area contributed by atoms with Crippen LogP contribution in [-0.4, -0.2) is 29.8 Å². The van der Waals surface area contributed by atoms with Gasteiger partial charge in [-0.05, 0) is 35.7 Å². The molecule has 0 heterocycles. The summed E-state index contributed by atoms with van der Waals surface area (Å²) in [4.78, 5) is 36.1. The Morgan fingerprint density at radius 1 is 1.00 bits per heavy atom. The first kappa shape index (κ1) is 21.1. The second-order valence-electron chi connectivity index (χ2n) is 6.68. The zero-order valence-corrected chi connectivity index (χ0v) is 15.9. The van der Waals surface area contributed by atoms with Crippen molar-refractivity contribution in [1.29, 1.82) is 0 Å². The summed E-state index contributed by atoms with van der Waals surface area (Å²) in [5.41, 5.74) is 7.87. The first-order valence-electron chi connectivity index (χ1n) is 8.92. The number of benzene rings is 2. The maximum absolute atomic E-state index is 13.4. The van der Waals surface area contributed by atoms with Crippen molar-refractivity contribution in [3.63, 3.8) is 0 Å². The maximum Gasteiger partial charge on any atom is 0.243 e. The molecule has 0 saturated carbocycles. The Kier molecular flexibility index (Phi) is 7.26. The number of aryl methyl sites for hydroxylation is 1. The van der Waals surface area contributed by atoms with E-state index >= 15 is 0 Å². The first-order valence-corrected chi connectivity index (χ1v) is 8.92. The van der Waals surface area contributed by atoms with Crippen LogP contribution in [0.4, 0.5) is 4.39 Å². The lowest BCUT2D eigenvalue weighted by atomic mass is 9.99. The number of hydrogen-bond donors (Lipinski definition) is 3. The van der Waals surface area contributed by atoms with Gasteiger partial charge in [-0.3, -0.25) is 14.4 Å². The van der Waals surface area contributed by atoms with Gasteiger partial charge in [-0.25, -0.2) is 4.39 Å². The van der Waals surface area contributed by atoms with Crippen LogP contribution in [0.25, 0.3) is 0 Å². The largest absolute Gasteiger partial charge is 0.368 e. The molecule has 3 amide bonds. The van der Waals surface area contributed by atoms with Gasteiger partial charge < -0.3 is 16.4 Å². The summed E-state index contributed by atoms with van der Waals surface area (Å²) in [5.74, 6) is -2.08. The number of nitrogens with one attached hydrogen (secondary N) is 2. The highest BCUT2D eigenvalue weighted by atomic mass is 19.1. The minimum Gasteiger partial charge on any atom is -0.368 e. The van der Waals surface area contributed by atoms with Crippen molar-refractivity contribution in [3.05, 3.63) is 71.0 Å². The Morgan fingerprint density at radius 3 is 2.32 bits per heavy atom. The van der Waals surface area contributed by atoms with Gasteiger partial charge in [0.25, 0.3) is 0 Å². The van der Waals surface area contributed by atoms with E-state index in [2.05, 4.69) is 10.6 Å². The molecule has 0 aliphatic rings. The molecule has 0 aliphatic heterocycles. The van der Waals surface area contributed by atoms with Crippen molar-refractivity contribution in [2.75, 3.05) is 0 Å². The molecule has 2 atom stereocenters. The molecule has 0 aliphatic carbocycles. The summed E-state index contributed by atoms with van der Waals surface area (Å²) >= 11 is 0. The zero-order valence-electron chi connectivity index (χ0n) is 15.9. The molecule has 0 bridgehead atoms. The van der Waals surface area contributed by atoms with Crippen LogP contribution in [0.15, 0.2) is 48.5 Å². The number of carbonyl (C=O) groups excluding carboxylic acids is 3. The Labute approximate surface area is 163 Å². The number of nitrogens with two attached hydrogens (primary N) is 1. The molecule has 0 spiro atoms. The molecule has 0 saturated heterocycles. The molecular weight excluding hydrogens is 361 g/mol. The number of halogens is 1. The van der Waals surface area contributed by atoms with Gasteiger partial charge in [0, 0.05) is 19.8 Å². The predicted molar refractivity (Wildman–Crippen MR) is 104 cm³/mol. The molecule has 0 unspecified atom stereocenters. The molecule has 28 heavy (non-hydrogen) atoms. The van der Waals surface area contributed by atoms with Crippen molar-refractivity contribution in [2.24, 2.45) is 5.73 Å². The van der Waals surface area contributed by atoms with E-state index in [4.69, 9.17) is 5.73 Å².